The Labute approximate surface area is 130 Å². The Bertz CT molecular complexity index is 594. The number of carbonyl (C=O) groups is 1. The fraction of sp³-hybridized carbons (Fsp3) is 0.412. The Morgan fingerprint density at radius 2 is 2.05 bits per heavy atom. The lowest BCUT2D eigenvalue weighted by molar-refractivity contribution is 0.0976. The van der Waals surface area contributed by atoms with Gasteiger partial charge in [-0.25, -0.2) is 4.98 Å². The molecule has 1 aromatic carbocycles. The van der Waals surface area contributed by atoms with Crippen molar-refractivity contribution < 1.29 is 14.3 Å². The van der Waals surface area contributed by atoms with Crippen LogP contribution in [0.1, 0.15) is 36.0 Å². The Morgan fingerprint density at radius 3 is 2.73 bits per heavy atom. The third-order valence-corrected chi connectivity index (χ3v) is 3.59. The summed E-state index contributed by atoms with van der Waals surface area (Å²) in [6.07, 6.45) is 9.02. The molecule has 0 aliphatic heterocycles. The maximum absolute atomic E-state index is 12.3. The summed E-state index contributed by atoms with van der Waals surface area (Å²) >= 11 is 0. The van der Waals surface area contributed by atoms with E-state index >= 15 is 0 Å². The summed E-state index contributed by atoms with van der Waals surface area (Å²) in [4.78, 5) is 16.3. The summed E-state index contributed by atoms with van der Waals surface area (Å²) in [5, 5.41) is 0. The van der Waals surface area contributed by atoms with Crippen LogP contribution in [-0.4, -0.2) is 29.6 Å². The molecule has 22 heavy (non-hydrogen) atoms. The molecule has 0 aliphatic rings. The van der Waals surface area contributed by atoms with E-state index in [4.69, 9.17) is 9.47 Å². The van der Waals surface area contributed by atoms with Gasteiger partial charge in [0.2, 0.25) is 0 Å². The molecule has 0 amide bonds. The Hall–Kier alpha value is -2.30. The van der Waals surface area contributed by atoms with Crippen LogP contribution in [0, 0.1) is 0 Å². The van der Waals surface area contributed by atoms with Gasteiger partial charge in [-0.05, 0) is 25.0 Å². The molecule has 0 radical (unpaired) electrons. The van der Waals surface area contributed by atoms with E-state index < -0.39 is 0 Å². The van der Waals surface area contributed by atoms with E-state index in [9.17, 15) is 4.79 Å². The summed E-state index contributed by atoms with van der Waals surface area (Å²) in [5.41, 5.74) is 0.623. The third-order valence-electron chi connectivity index (χ3n) is 3.59. The number of imidazole rings is 1. The van der Waals surface area contributed by atoms with Gasteiger partial charge in [0.15, 0.2) is 5.78 Å². The zero-order valence-corrected chi connectivity index (χ0v) is 13.1. The van der Waals surface area contributed by atoms with Crippen molar-refractivity contribution in [3.63, 3.8) is 0 Å². The standard InChI is InChI=1S/C17H22N2O3/c1-21-14-7-8-15(17(12-14)22-2)16(20)6-4-3-5-10-19-11-9-18-13-19/h7-9,11-13H,3-6,10H2,1-2H3. The molecule has 0 spiro atoms. The predicted molar refractivity (Wildman–Crippen MR) is 84.6 cm³/mol. The Morgan fingerprint density at radius 1 is 1.18 bits per heavy atom. The van der Waals surface area contributed by atoms with Gasteiger partial charge >= 0.3 is 0 Å². The molecule has 5 nitrogen and oxygen atoms in total. The van der Waals surface area contributed by atoms with Crippen LogP contribution in [0.15, 0.2) is 36.9 Å². The van der Waals surface area contributed by atoms with Crippen molar-refractivity contribution in [3.05, 3.63) is 42.5 Å². The van der Waals surface area contributed by atoms with Gasteiger partial charge < -0.3 is 14.0 Å². The van der Waals surface area contributed by atoms with Gasteiger partial charge in [0.25, 0.3) is 0 Å². The van der Waals surface area contributed by atoms with E-state index in [-0.39, 0.29) is 5.78 Å². The number of rotatable bonds is 9. The highest BCUT2D eigenvalue weighted by atomic mass is 16.5. The number of ketones is 1. The van der Waals surface area contributed by atoms with E-state index in [1.807, 2.05) is 17.1 Å². The number of carbonyl (C=O) groups excluding carboxylic acids is 1. The molecule has 0 aliphatic carbocycles. The third kappa shape index (κ3) is 4.35. The van der Waals surface area contributed by atoms with Gasteiger partial charge in [0.05, 0.1) is 26.1 Å². The van der Waals surface area contributed by atoms with E-state index in [2.05, 4.69) is 4.98 Å². The number of methoxy groups -OCH3 is 2. The minimum Gasteiger partial charge on any atom is -0.497 e. The fourth-order valence-electron chi connectivity index (χ4n) is 2.34. The summed E-state index contributed by atoms with van der Waals surface area (Å²) in [6.45, 7) is 0.944. The highest BCUT2D eigenvalue weighted by molar-refractivity contribution is 5.98. The van der Waals surface area contributed by atoms with Crippen molar-refractivity contribution in [1.29, 1.82) is 0 Å². The first-order valence-electron chi connectivity index (χ1n) is 7.45. The second-order valence-electron chi connectivity index (χ2n) is 5.10. The van der Waals surface area contributed by atoms with Crippen molar-refractivity contribution >= 4 is 5.78 Å². The first kappa shape index (κ1) is 16.1. The van der Waals surface area contributed by atoms with Gasteiger partial charge in [-0.1, -0.05) is 6.42 Å². The van der Waals surface area contributed by atoms with Crippen molar-refractivity contribution in [1.82, 2.24) is 9.55 Å². The molecule has 1 heterocycles. The molecule has 2 aromatic rings. The van der Waals surface area contributed by atoms with Crippen LogP contribution in [0.3, 0.4) is 0 Å². The van der Waals surface area contributed by atoms with Crippen LogP contribution in [0.2, 0.25) is 0 Å². The Balaban J connectivity index is 1.79. The van der Waals surface area contributed by atoms with Crippen molar-refractivity contribution in [2.45, 2.75) is 32.2 Å². The van der Waals surface area contributed by atoms with Crippen molar-refractivity contribution in [2.75, 3.05) is 14.2 Å². The van der Waals surface area contributed by atoms with Gasteiger partial charge in [-0.3, -0.25) is 4.79 Å². The SMILES string of the molecule is COc1ccc(C(=O)CCCCCn2ccnc2)c(OC)c1. The number of aryl methyl sites for hydroxylation is 1. The maximum Gasteiger partial charge on any atom is 0.166 e. The summed E-state index contributed by atoms with van der Waals surface area (Å²) in [5.74, 6) is 1.37. The Kier molecular flexibility index (Phi) is 6.01. The maximum atomic E-state index is 12.3. The molecule has 0 fully saturated rings. The molecule has 0 unspecified atom stereocenters. The topological polar surface area (TPSA) is 53.4 Å². The predicted octanol–water partition coefficient (Wildman–Crippen LogP) is 3.34. The van der Waals surface area contributed by atoms with Crippen LogP contribution in [-0.2, 0) is 6.54 Å². The number of hydrogen-bond donors (Lipinski definition) is 0. The molecule has 5 heteroatoms. The zero-order chi connectivity index (χ0) is 15.8. The van der Waals surface area contributed by atoms with Gasteiger partial charge in [-0.2, -0.15) is 0 Å². The van der Waals surface area contributed by atoms with E-state index in [0.717, 1.165) is 25.8 Å². The number of unbranched alkanes of at least 4 members (excludes halogenated alkanes) is 2. The highest BCUT2D eigenvalue weighted by Crippen LogP contribution is 2.26. The van der Waals surface area contributed by atoms with Gasteiger partial charge in [0.1, 0.15) is 11.5 Å². The van der Waals surface area contributed by atoms with E-state index in [1.165, 1.54) is 0 Å². The zero-order valence-electron chi connectivity index (χ0n) is 13.1. The molecule has 2 rings (SSSR count). The lowest BCUT2D eigenvalue weighted by Gasteiger charge is -2.09. The van der Waals surface area contributed by atoms with Crippen LogP contribution >= 0.6 is 0 Å². The summed E-state index contributed by atoms with van der Waals surface area (Å²) in [6, 6.07) is 5.30. The molecule has 0 bridgehead atoms. The van der Waals surface area contributed by atoms with Crippen LogP contribution in [0.4, 0.5) is 0 Å². The first-order valence-corrected chi connectivity index (χ1v) is 7.45. The molecular weight excluding hydrogens is 280 g/mol. The largest absolute Gasteiger partial charge is 0.497 e. The van der Waals surface area contributed by atoms with Crippen molar-refractivity contribution in [3.8, 4) is 11.5 Å². The van der Waals surface area contributed by atoms with Crippen LogP contribution in [0.25, 0.3) is 0 Å². The second-order valence-corrected chi connectivity index (χ2v) is 5.10. The quantitative estimate of drug-likeness (QED) is 0.526. The average Bonchev–Trinajstić information content (AvgIpc) is 3.07. The molecular formula is C17H22N2O3. The summed E-state index contributed by atoms with van der Waals surface area (Å²) < 4.78 is 12.5. The van der Waals surface area contributed by atoms with Crippen molar-refractivity contribution in [2.24, 2.45) is 0 Å². The molecule has 118 valence electrons. The van der Waals surface area contributed by atoms with Crippen LogP contribution < -0.4 is 9.47 Å². The highest BCUT2D eigenvalue weighted by Gasteiger charge is 2.12. The normalized spacial score (nSPS) is 10.5. The number of Topliss-reactive ketones (excluding diaryl/α,β-unsaturated/α-hetero) is 1. The lowest BCUT2D eigenvalue weighted by Crippen LogP contribution is -2.03. The number of benzene rings is 1. The fourth-order valence-corrected chi connectivity index (χ4v) is 2.34. The van der Waals surface area contributed by atoms with Crippen LogP contribution in [0.5, 0.6) is 11.5 Å². The number of nitrogens with zero attached hydrogens (tertiary/aromatic N) is 2. The second kappa shape index (κ2) is 8.22. The van der Waals surface area contributed by atoms with Gasteiger partial charge in [-0.15, -0.1) is 0 Å². The van der Waals surface area contributed by atoms with E-state index in [1.54, 1.807) is 38.6 Å². The smallest absolute Gasteiger partial charge is 0.166 e. The summed E-state index contributed by atoms with van der Waals surface area (Å²) in [7, 11) is 3.16. The minimum atomic E-state index is 0.113. The molecule has 0 N–H and O–H groups in total. The first-order chi connectivity index (χ1) is 10.7. The minimum absolute atomic E-state index is 0.113. The van der Waals surface area contributed by atoms with Gasteiger partial charge in [0, 0.05) is 31.4 Å². The molecule has 1 aromatic heterocycles. The monoisotopic (exact) mass is 302 g/mol. The average molecular weight is 302 g/mol. The number of aromatic nitrogens is 2. The van der Waals surface area contributed by atoms with E-state index in [0.29, 0.717) is 23.5 Å². The molecule has 0 saturated carbocycles. The lowest BCUT2D eigenvalue weighted by atomic mass is 10.0. The number of hydrogen-bond acceptors (Lipinski definition) is 4. The number of ether oxygens (including phenoxy) is 2. The molecule has 0 saturated heterocycles. The molecule has 0 atom stereocenters.